The molecule has 2 aromatic rings. The van der Waals surface area contributed by atoms with E-state index in [1.807, 2.05) is 13.8 Å². The molecule has 0 aliphatic carbocycles. The highest BCUT2D eigenvalue weighted by Crippen LogP contribution is 2.26. The SMILES string of the molecule is CC(C)Oc1ccc(NC(=O)c2ccc(Br)c([N+](=O)[O-])c2)cc1. The van der Waals surface area contributed by atoms with Gasteiger partial charge < -0.3 is 10.1 Å². The maximum absolute atomic E-state index is 12.2. The van der Waals surface area contributed by atoms with E-state index in [4.69, 9.17) is 4.74 Å². The second-order valence-electron chi connectivity index (χ2n) is 5.07. The fraction of sp³-hybridized carbons (Fsp3) is 0.188. The highest BCUT2D eigenvalue weighted by Gasteiger charge is 2.16. The Labute approximate surface area is 141 Å². The van der Waals surface area contributed by atoms with Crippen molar-refractivity contribution < 1.29 is 14.5 Å². The van der Waals surface area contributed by atoms with Crippen LogP contribution in [0.4, 0.5) is 11.4 Å². The lowest BCUT2D eigenvalue weighted by Crippen LogP contribution is -2.12. The molecule has 2 aromatic carbocycles. The number of nitrogens with zero attached hydrogens (tertiary/aromatic N) is 1. The van der Waals surface area contributed by atoms with Gasteiger partial charge in [0.2, 0.25) is 0 Å². The van der Waals surface area contributed by atoms with Gasteiger partial charge in [-0.1, -0.05) is 0 Å². The van der Waals surface area contributed by atoms with Crippen LogP contribution in [0.25, 0.3) is 0 Å². The van der Waals surface area contributed by atoms with E-state index in [2.05, 4.69) is 21.2 Å². The van der Waals surface area contributed by atoms with E-state index >= 15 is 0 Å². The van der Waals surface area contributed by atoms with Crippen molar-refractivity contribution in [3.8, 4) is 5.75 Å². The van der Waals surface area contributed by atoms with Gasteiger partial charge in [0.15, 0.2) is 0 Å². The highest BCUT2D eigenvalue weighted by molar-refractivity contribution is 9.10. The number of hydrogen-bond acceptors (Lipinski definition) is 4. The minimum atomic E-state index is -0.543. The van der Waals surface area contributed by atoms with Crippen LogP contribution in [0.3, 0.4) is 0 Å². The van der Waals surface area contributed by atoms with Crippen LogP contribution in [-0.4, -0.2) is 16.9 Å². The van der Waals surface area contributed by atoms with Crippen molar-refractivity contribution in [1.29, 1.82) is 0 Å². The summed E-state index contributed by atoms with van der Waals surface area (Å²) < 4.78 is 5.85. The first-order valence-corrected chi connectivity index (χ1v) is 7.68. The standard InChI is InChI=1S/C16H15BrN2O4/c1-10(2)23-13-6-4-12(5-7-13)18-16(20)11-3-8-14(17)15(9-11)19(21)22/h3-10H,1-2H3,(H,18,20). The molecular formula is C16H15BrN2O4. The van der Waals surface area contributed by atoms with Crippen molar-refractivity contribution in [2.45, 2.75) is 20.0 Å². The Balaban J connectivity index is 2.13. The third kappa shape index (κ3) is 4.53. The summed E-state index contributed by atoms with van der Waals surface area (Å²) in [5, 5.41) is 13.6. The van der Waals surface area contributed by atoms with Gasteiger partial charge >= 0.3 is 0 Å². The van der Waals surface area contributed by atoms with Crippen molar-refractivity contribution in [2.24, 2.45) is 0 Å². The van der Waals surface area contributed by atoms with Gasteiger partial charge in [-0.25, -0.2) is 0 Å². The molecule has 0 spiro atoms. The molecule has 0 saturated carbocycles. The molecule has 7 heteroatoms. The number of carbonyl (C=O) groups is 1. The minimum Gasteiger partial charge on any atom is -0.491 e. The number of rotatable bonds is 5. The number of hydrogen-bond donors (Lipinski definition) is 1. The summed E-state index contributed by atoms with van der Waals surface area (Å²) in [6.07, 6.45) is 0.0683. The maximum Gasteiger partial charge on any atom is 0.284 e. The number of anilines is 1. The molecule has 1 N–H and O–H groups in total. The molecule has 0 fully saturated rings. The summed E-state index contributed by atoms with van der Waals surface area (Å²) in [5.41, 5.74) is 0.636. The number of halogens is 1. The van der Waals surface area contributed by atoms with E-state index in [0.29, 0.717) is 15.9 Å². The van der Waals surface area contributed by atoms with Crippen LogP contribution < -0.4 is 10.1 Å². The summed E-state index contributed by atoms with van der Waals surface area (Å²) >= 11 is 3.09. The summed E-state index contributed by atoms with van der Waals surface area (Å²) in [6, 6.07) is 11.1. The molecular weight excluding hydrogens is 364 g/mol. The smallest absolute Gasteiger partial charge is 0.284 e. The predicted molar refractivity (Wildman–Crippen MR) is 91.0 cm³/mol. The van der Waals surface area contributed by atoms with Gasteiger partial charge in [0.1, 0.15) is 5.75 Å². The van der Waals surface area contributed by atoms with E-state index < -0.39 is 10.8 Å². The van der Waals surface area contributed by atoms with Gasteiger partial charge in [0, 0.05) is 17.3 Å². The van der Waals surface area contributed by atoms with E-state index in [0.717, 1.165) is 0 Å². The average Bonchev–Trinajstić information content (AvgIpc) is 2.48. The van der Waals surface area contributed by atoms with Gasteiger partial charge in [-0.3, -0.25) is 14.9 Å². The van der Waals surface area contributed by atoms with E-state index in [-0.39, 0.29) is 17.4 Å². The molecule has 1 amide bonds. The first kappa shape index (κ1) is 17.0. The normalized spacial score (nSPS) is 10.4. The zero-order valence-corrected chi connectivity index (χ0v) is 14.2. The Morgan fingerprint density at radius 3 is 2.43 bits per heavy atom. The topological polar surface area (TPSA) is 81.5 Å². The summed E-state index contributed by atoms with van der Waals surface area (Å²) in [7, 11) is 0. The second kappa shape index (κ2) is 7.23. The van der Waals surface area contributed by atoms with Gasteiger partial charge in [0.05, 0.1) is 15.5 Å². The van der Waals surface area contributed by atoms with E-state index in [9.17, 15) is 14.9 Å². The Morgan fingerprint density at radius 2 is 1.87 bits per heavy atom. The molecule has 0 radical (unpaired) electrons. The number of amides is 1. The zero-order chi connectivity index (χ0) is 17.0. The highest BCUT2D eigenvalue weighted by atomic mass is 79.9. The van der Waals surface area contributed by atoms with E-state index in [1.165, 1.54) is 18.2 Å². The van der Waals surface area contributed by atoms with Crippen molar-refractivity contribution in [3.63, 3.8) is 0 Å². The van der Waals surface area contributed by atoms with Gasteiger partial charge in [-0.15, -0.1) is 0 Å². The minimum absolute atomic E-state index is 0.0683. The first-order chi connectivity index (χ1) is 10.9. The lowest BCUT2D eigenvalue weighted by atomic mass is 10.2. The number of nitro benzene ring substituents is 1. The molecule has 0 aliphatic heterocycles. The lowest BCUT2D eigenvalue weighted by Gasteiger charge is -2.10. The zero-order valence-electron chi connectivity index (χ0n) is 12.6. The van der Waals surface area contributed by atoms with Crippen LogP contribution >= 0.6 is 15.9 Å². The number of benzene rings is 2. The van der Waals surface area contributed by atoms with Gasteiger partial charge in [-0.2, -0.15) is 0 Å². The Morgan fingerprint density at radius 1 is 1.22 bits per heavy atom. The fourth-order valence-electron chi connectivity index (χ4n) is 1.89. The average molecular weight is 379 g/mol. The third-order valence-electron chi connectivity index (χ3n) is 2.89. The first-order valence-electron chi connectivity index (χ1n) is 6.89. The molecule has 6 nitrogen and oxygen atoms in total. The number of nitro groups is 1. The second-order valence-corrected chi connectivity index (χ2v) is 5.92. The van der Waals surface area contributed by atoms with E-state index in [1.54, 1.807) is 24.3 Å². The number of carbonyl (C=O) groups excluding carboxylic acids is 1. The molecule has 0 bridgehead atoms. The molecule has 0 unspecified atom stereocenters. The Kier molecular flexibility index (Phi) is 5.33. The summed E-state index contributed by atoms with van der Waals surface area (Å²) in [4.78, 5) is 22.6. The van der Waals surface area contributed by atoms with Gasteiger partial charge in [-0.05, 0) is 66.2 Å². The number of ether oxygens (including phenoxy) is 1. The molecule has 2 rings (SSSR count). The van der Waals surface area contributed by atoms with Crippen LogP contribution in [-0.2, 0) is 0 Å². The van der Waals surface area contributed by atoms with Crippen LogP contribution in [0.5, 0.6) is 5.75 Å². The van der Waals surface area contributed by atoms with Crippen molar-refractivity contribution in [1.82, 2.24) is 0 Å². The van der Waals surface area contributed by atoms with Gasteiger partial charge in [0.25, 0.3) is 11.6 Å². The van der Waals surface area contributed by atoms with Crippen LogP contribution in [0, 0.1) is 10.1 Å². The van der Waals surface area contributed by atoms with Crippen LogP contribution in [0.1, 0.15) is 24.2 Å². The van der Waals surface area contributed by atoms with Crippen LogP contribution in [0.2, 0.25) is 0 Å². The van der Waals surface area contributed by atoms with Crippen LogP contribution in [0.15, 0.2) is 46.9 Å². The van der Waals surface area contributed by atoms with Crippen molar-refractivity contribution in [3.05, 3.63) is 62.6 Å². The lowest BCUT2D eigenvalue weighted by molar-refractivity contribution is -0.385. The predicted octanol–water partition coefficient (Wildman–Crippen LogP) is 4.40. The molecule has 0 atom stereocenters. The molecule has 23 heavy (non-hydrogen) atoms. The Bertz CT molecular complexity index is 729. The molecule has 0 saturated heterocycles. The fourth-order valence-corrected chi connectivity index (χ4v) is 2.28. The molecule has 0 aliphatic rings. The molecule has 120 valence electrons. The monoisotopic (exact) mass is 378 g/mol. The summed E-state index contributed by atoms with van der Waals surface area (Å²) in [6.45, 7) is 3.85. The largest absolute Gasteiger partial charge is 0.491 e. The third-order valence-corrected chi connectivity index (χ3v) is 3.56. The van der Waals surface area contributed by atoms with Crippen molar-refractivity contribution >= 4 is 33.2 Å². The Hall–Kier alpha value is -2.41. The maximum atomic E-state index is 12.2. The summed E-state index contributed by atoms with van der Waals surface area (Å²) in [5.74, 6) is 0.287. The molecule has 0 heterocycles. The van der Waals surface area contributed by atoms with Crippen molar-refractivity contribution in [2.75, 3.05) is 5.32 Å². The quantitative estimate of drug-likeness (QED) is 0.617. The molecule has 0 aromatic heterocycles. The number of nitrogens with one attached hydrogen (secondary N) is 1.